The minimum absolute atomic E-state index is 0.0885. The van der Waals surface area contributed by atoms with E-state index in [1.165, 1.54) is 41.7 Å². The van der Waals surface area contributed by atoms with E-state index < -0.39 is 18.1 Å². The van der Waals surface area contributed by atoms with E-state index in [2.05, 4.69) is 177 Å². The van der Waals surface area contributed by atoms with Crippen molar-refractivity contribution in [3.05, 3.63) is 290 Å². The topological polar surface area (TPSA) is 91.8 Å². The highest BCUT2D eigenvalue weighted by Crippen LogP contribution is 2.45. The summed E-state index contributed by atoms with van der Waals surface area (Å²) in [4.78, 5) is 30.3. The lowest BCUT2D eigenvalue weighted by molar-refractivity contribution is 0.662. The van der Waals surface area contributed by atoms with Gasteiger partial charge in [0.15, 0.2) is 28.7 Å². The predicted molar refractivity (Wildman–Crippen MR) is 387 cm³/mol. The van der Waals surface area contributed by atoms with Crippen LogP contribution in [0.2, 0.25) is 0 Å². The molecule has 0 aliphatic heterocycles. The van der Waals surface area contributed by atoms with Crippen molar-refractivity contribution in [2.75, 3.05) is 0 Å². The van der Waals surface area contributed by atoms with Crippen molar-refractivity contribution in [1.29, 1.82) is 0 Å². The summed E-state index contributed by atoms with van der Waals surface area (Å²) in [6.07, 6.45) is 1.84. The molecule has 9 nitrogen and oxygen atoms in total. The molecular formula is C82H46N8OS2. The second-order valence-electron chi connectivity index (χ2n) is 23.0. The summed E-state index contributed by atoms with van der Waals surface area (Å²) >= 11 is 3.52. The molecule has 0 spiro atoms. The normalized spacial score (nSPS) is 12.6. The van der Waals surface area contributed by atoms with E-state index in [0.29, 0.717) is 50.5 Å². The number of benzene rings is 12. The Morgan fingerprint density at radius 2 is 1.01 bits per heavy atom. The van der Waals surface area contributed by atoms with Crippen LogP contribution in [-0.4, -0.2) is 34.1 Å². The number of para-hydroxylation sites is 2. The number of thiophene rings is 2. The molecule has 8 heterocycles. The summed E-state index contributed by atoms with van der Waals surface area (Å²) in [6.45, 7) is 7.58. The van der Waals surface area contributed by atoms with Crippen LogP contribution in [0.25, 0.3) is 189 Å². The van der Waals surface area contributed by atoms with Gasteiger partial charge >= 0.3 is 0 Å². The third-order valence-electron chi connectivity index (χ3n) is 17.7. The van der Waals surface area contributed by atoms with Gasteiger partial charge in [-0.3, -0.25) is 14.1 Å². The molecule has 11 heteroatoms. The monoisotopic (exact) mass is 1230 g/mol. The number of hydrogen-bond donors (Lipinski definition) is 0. The molecular weight excluding hydrogens is 1180 g/mol. The van der Waals surface area contributed by atoms with E-state index in [1.54, 1.807) is 41.7 Å². The van der Waals surface area contributed by atoms with Crippen LogP contribution in [0.3, 0.4) is 0 Å². The maximum atomic E-state index is 8.53. The Morgan fingerprint density at radius 1 is 0.398 bits per heavy atom. The van der Waals surface area contributed by atoms with Crippen molar-refractivity contribution in [3.63, 3.8) is 0 Å². The van der Waals surface area contributed by atoms with E-state index in [9.17, 15) is 0 Å². The van der Waals surface area contributed by atoms with Crippen molar-refractivity contribution in [2.24, 2.45) is 0 Å². The molecule has 12 aromatic carbocycles. The van der Waals surface area contributed by atoms with Crippen molar-refractivity contribution < 1.29 is 11.3 Å². The Balaban J connectivity index is 0.000000137. The number of rotatable bonds is 6. The fourth-order valence-corrected chi connectivity index (χ4v) is 15.6. The van der Waals surface area contributed by atoms with Crippen LogP contribution >= 0.6 is 22.7 Å². The Hall–Kier alpha value is -12.2. The first-order valence-corrected chi connectivity index (χ1v) is 31.9. The average molecular weight is 1230 g/mol. The molecule has 20 aromatic rings. The van der Waals surface area contributed by atoms with Gasteiger partial charge in [0.05, 0.1) is 41.2 Å². The van der Waals surface area contributed by atoms with Crippen LogP contribution in [0.1, 0.15) is 6.85 Å². The number of hydrogen-bond acceptors (Lipinski definition) is 8. The lowest BCUT2D eigenvalue weighted by Gasteiger charge is -2.13. The third-order valence-corrected chi connectivity index (χ3v) is 19.9. The largest absolute Gasteiger partial charge is 0.450 e. The van der Waals surface area contributed by atoms with Crippen LogP contribution in [-0.2, 0) is 0 Å². The molecule has 0 atom stereocenters. The first-order chi connectivity index (χ1) is 48.1. The fourth-order valence-electron chi connectivity index (χ4n) is 13.4. The third kappa shape index (κ3) is 8.54. The minimum atomic E-state index is -0.447. The quantitative estimate of drug-likeness (QED) is 0.154. The van der Waals surface area contributed by atoms with Crippen molar-refractivity contribution in [2.45, 2.75) is 0 Å². The summed E-state index contributed by atoms with van der Waals surface area (Å²) in [5, 5.41) is 13.5. The molecule has 8 aromatic heterocycles. The lowest BCUT2D eigenvalue weighted by atomic mass is 10.0. The van der Waals surface area contributed by atoms with Gasteiger partial charge in [-0.25, -0.2) is 24.8 Å². The van der Waals surface area contributed by atoms with Gasteiger partial charge in [0.25, 0.3) is 0 Å². The fraction of sp³-hybridized carbons (Fsp3) is 0. The highest BCUT2D eigenvalue weighted by molar-refractivity contribution is 7.26. The van der Waals surface area contributed by atoms with Crippen LogP contribution in [0.4, 0.5) is 5.69 Å². The zero-order chi connectivity index (χ0) is 65.6. The number of fused-ring (bicyclic) bond motifs is 17. The molecule has 0 aliphatic rings. The van der Waals surface area contributed by atoms with Gasteiger partial charge in [0, 0.05) is 80.1 Å². The van der Waals surface area contributed by atoms with E-state index in [4.69, 9.17) is 37.8 Å². The summed E-state index contributed by atoms with van der Waals surface area (Å²) in [6, 6.07) is 81.1. The predicted octanol–water partition coefficient (Wildman–Crippen LogP) is 22.7. The lowest BCUT2D eigenvalue weighted by Crippen LogP contribution is -2.03. The summed E-state index contributed by atoms with van der Waals surface area (Å²) in [7, 11) is 0. The SMILES string of the molecule is [2H]c1c([2H])c([2H])c(-c2ccc3c(c2)oc2c(-n4c5ccccc5c5cc6ccccc6cc54)nc(-c4cccc([N+]#[C-])c4)nc23)c([2H])c1[2H].c1ccc(-c2ccc3c(c2)sc2nc(-n4c5ccccc5c5cc6ccccc6cc54)c(-c4ccc5c(c4)sc4ccccc45)nc23)nc1. The summed E-state index contributed by atoms with van der Waals surface area (Å²) < 4.78 is 56.2. The van der Waals surface area contributed by atoms with E-state index in [0.717, 1.165) is 92.4 Å². The van der Waals surface area contributed by atoms with Gasteiger partial charge < -0.3 is 4.42 Å². The number of furan rings is 1. The Kier molecular flexibility index (Phi) is 10.8. The van der Waals surface area contributed by atoms with Crippen LogP contribution in [0.5, 0.6) is 0 Å². The first kappa shape index (κ1) is 47.8. The van der Waals surface area contributed by atoms with Gasteiger partial charge in [0.2, 0.25) is 0 Å². The molecule has 0 amide bonds. The van der Waals surface area contributed by atoms with E-state index in [-0.39, 0.29) is 17.6 Å². The molecule has 0 saturated heterocycles. The van der Waals surface area contributed by atoms with Gasteiger partial charge in [-0.2, -0.15) is 0 Å². The van der Waals surface area contributed by atoms with Gasteiger partial charge in [-0.15, -0.1) is 22.7 Å². The van der Waals surface area contributed by atoms with Crippen LogP contribution < -0.4 is 0 Å². The average Bonchev–Trinajstić information content (AvgIpc) is 1.56. The van der Waals surface area contributed by atoms with Crippen molar-refractivity contribution in [3.8, 4) is 56.7 Å². The standard InChI is InChI=1S/C43H24N4S2.C39H22N4O/c1-2-10-26-22-36-33(21-25(26)9-1)29-11-3-5-14-35(29)47(36)42-40(28-17-18-31-30-12-4-6-15-37(30)48-38(31)24-28)45-41-32-19-16-27(34-13-7-8-20-44-34)23-39(32)49-43(41)46-42;1-40-29-15-9-14-28(20-29)38-41-36-31-19-18-27(24-10-3-2-4-11-24)23-35(31)44-37(36)39(42-38)43-33-17-8-7-16-30(33)32-21-25-12-5-6-13-26(25)22-34(32)43/h1-24H;2-23H/i;2D,3D,4D,10D,11D. The summed E-state index contributed by atoms with van der Waals surface area (Å²) in [5.41, 5.74) is 12.0. The number of aromatic nitrogens is 7. The van der Waals surface area contributed by atoms with E-state index in [1.807, 2.05) is 72.1 Å². The van der Waals surface area contributed by atoms with Crippen molar-refractivity contribution >= 4 is 156 Å². The maximum absolute atomic E-state index is 8.53. The highest BCUT2D eigenvalue weighted by atomic mass is 32.1. The van der Waals surface area contributed by atoms with Crippen LogP contribution in [0.15, 0.2) is 283 Å². The van der Waals surface area contributed by atoms with Gasteiger partial charge in [0.1, 0.15) is 27.1 Å². The molecule has 0 saturated carbocycles. The second-order valence-corrected chi connectivity index (χ2v) is 25.2. The molecule has 93 heavy (non-hydrogen) atoms. The number of nitrogens with zero attached hydrogens (tertiary/aromatic N) is 8. The molecule has 0 aliphatic carbocycles. The Labute approximate surface area is 545 Å². The summed E-state index contributed by atoms with van der Waals surface area (Å²) in [5.74, 6) is 1.76. The second kappa shape index (κ2) is 20.9. The van der Waals surface area contributed by atoms with Gasteiger partial charge in [-0.05, 0) is 118 Å². The molecule has 0 bridgehead atoms. The Bertz CT molecular complexity index is 6840. The molecule has 20 rings (SSSR count). The van der Waals surface area contributed by atoms with Crippen molar-refractivity contribution in [1.82, 2.24) is 34.1 Å². The molecule has 432 valence electrons. The van der Waals surface area contributed by atoms with Gasteiger partial charge in [-0.1, -0.05) is 188 Å². The molecule has 0 radical (unpaired) electrons. The maximum Gasteiger partial charge on any atom is 0.197 e. The first-order valence-electron chi connectivity index (χ1n) is 32.8. The highest BCUT2D eigenvalue weighted by Gasteiger charge is 2.25. The zero-order valence-electron chi connectivity index (χ0n) is 54.0. The van der Waals surface area contributed by atoms with E-state index >= 15 is 0 Å². The minimum Gasteiger partial charge on any atom is -0.450 e. The Morgan fingerprint density at radius 3 is 1.74 bits per heavy atom. The molecule has 0 fully saturated rings. The number of pyridine rings is 1. The zero-order valence-corrected chi connectivity index (χ0v) is 50.6. The van der Waals surface area contributed by atoms with Crippen LogP contribution in [0, 0.1) is 6.57 Å². The molecule has 0 unspecified atom stereocenters. The molecule has 0 N–H and O–H groups in total. The smallest absolute Gasteiger partial charge is 0.197 e.